The maximum Gasteiger partial charge on any atom is 0.222 e. The third-order valence-electron chi connectivity index (χ3n) is 3.71. The van der Waals surface area contributed by atoms with Crippen molar-refractivity contribution in [1.82, 2.24) is 9.80 Å². The van der Waals surface area contributed by atoms with E-state index in [-0.39, 0.29) is 24.0 Å². The van der Waals surface area contributed by atoms with Gasteiger partial charge in [-0.1, -0.05) is 0 Å². The van der Waals surface area contributed by atoms with Crippen molar-refractivity contribution < 1.29 is 4.79 Å². The average Bonchev–Trinajstić information content (AvgIpc) is 2.81. The Morgan fingerprint density at radius 3 is 2.53 bits per heavy atom. The molecule has 0 spiro atoms. The van der Waals surface area contributed by atoms with Crippen LogP contribution in [0.5, 0.6) is 0 Å². The van der Waals surface area contributed by atoms with Crippen molar-refractivity contribution in [2.75, 3.05) is 32.7 Å². The zero-order chi connectivity index (χ0) is 12.8. The van der Waals surface area contributed by atoms with Gasteiger partial charge in [-0.05, 0) is 32.1 Å². The second-order valence-corrected chi connectivity index (χ2v) is 5.13. The Bertz CT molecular complexity index is 316. The molecule has 2 N–H and O–H groups in total. The molecule has 0 bridgehead atoms. The maximum atomic E-state index is 11.4. The van der Waals surface area contributed by atoms with Crippen molar-refractivity contribution in [2.45, 2.75) is 38.5 Å². The van der Waals surface area contributed by atoms with Gasteiger partial charge in [-0.25, -0.2) is 0 Å². The van der Waals surface area contributed by atoms with E-state index in [2.05, 4.69) is 9.89 Å². The van der Waals surface area contributed by atoms with Crippen molar-refractivity contribution in [2.24, 2.45) is 10.7 Å². The Hall–Kier alpha value is -0.530. The summed E-state index contributed by atoms with van der Waals surface area (Å²) in [7, 11) is 0. The number of carbonyl (C=O) groups excluding carboxylic acids is 1. The van der Waals surface area contributed by atoms with Crippen LogP contribution in [-0.2, 0) is 4.79 Å². The Balaban J connectivity index is 0.00000180. The molecule has 5 nitrogen and oxygen atoms in total. The molecule has 19 heavy (non-hydrogen) atoms. The summed E-state index contributed by atoms with van der Waals surface area (Å²) in [6.45, 7) is 4.56. The molecule has 2 aliphatic heterocycles. The molecule has 0 aromatic carbocycles. The SMILES string of the molecule is I.NC(=NCCCN1CCCC1=O)N1CCCCC1. The fraction of sp³-hybridized carbons (Fsp3) is 0.846. The second-order valence-electron chi connectivity index (χ2n) is 5.13. The summed E-state index contributed by atoms with van der Waals surface area (Å²) in [5.41, 5.74) is 5.97. The number of piperidine rings is 1. The first-order chi connectivity index (χ1) is 8.77. The lowest BCUT2D eigenvalue weighted by Crippen LogP contribution is -2.41. The van der Waals surface area contributed by atoms with E-state index < -0.39 is 0 Å². The summed E-state index contributed by atoms with van der Waals surface area (Å²) >= 11 is 0. The van der Waals surface area contributed by atoms with Crippen molar-refractivity contribution in [3.8, 4) is 0 Å². The number of hydrogen-bond acceptors (Lipinski definition) is 2. The van der Waals surface area contributed by atoms with E-state index in [4.69, 9.17) is 5.73 Å². The van der Waals surface area contributed by atoms with Crippen LogP contribution in [-0.4, -0.2) is 54.4 Å². The highest BCUT2D eigenvalue weighted by Gasteiger charge is 2.19. The monoisotopic (exact) mass is 380 g/mol. The van der Waals surface area contributed by atoms with Gasteiger partial charge < -0.3 is 15.5 Å². The van der Waals surface area contributed by atoms with Crippen LogP contribution in [0.3, 0.4) is 0 Å². The lowest BCUT2D eigenvalue weighted by molar-refractivity contribution is -0.127. The first kappa shape index (κ1) is 16.5. The van der Waals surface area contributed by atoms with E-state index >= 15 is 0 Å². The van der Waals surface area contributed by atoms with E-state index in [1.807, 2.05) is 4.90 Å². The molecule has 0 aliphatic carbocycles. The minimum Gasteiger partial charge on any atom is -0.370 e. The zero-order valence-electron chi connectivity index (χ0n) is 11.5. The molecule has 110 valence electrons. The summed E-state index contributed by atoms with van der Waals surface area (Å²) < 4.78 is 0. The normalized spacial score (nSPS) is 20.6. The molecule has 2 fully saturated rings. The molecular formula is C13H25IN4O. The molecule has 0 aromatic heterocycles. The Morgan fingerprint density at radius 1 is 1.16 bits per heavy atom. The van der Waals surface area contributed by atoms with Crippen LogP contribution >= 0.6 is 24.0 Å². The minimum atomic E-state index is 0. The number of carbonyl (C=O) groups is 1. The van der Waals surface area contributed by atoms with Crippen LogP contribution in [0.25, 0.3) is 0 Å². The molecule has 2 aliphatic rings. The number of hydrogen-bond donors (Lipinski definition) is 1. The molecule has 0 unspecified atom stereocenters. The number of amides is 1. The first-order valence-electron chi connectivity index (χ1n) is 7.10. The molecule has 2 saturated heterocycles. The van der Waals surface area contributed by atoms with Crippen molar-refractivity contribution in [3.63, 3.8) is 0 Å². The van der Waals surface area contributed by atoms with E-state index in [0.29, 0.717) is 11.9 Å². The summed E-state index contributed by atoms with van der Waals surface area (Å²) in [5, 5.41) is 0. The number of halogens is 1. The van der Waals surface area contributed by atoms with Gasteiger partial charge in [-0.15, -0.1) is 24.0 Å². The number of nitrogens with two attached hydrogens (primary N) is 1. The largest absolute Gasteiger partial charge is 0.370 e. The molecule has 0 saturated carbocycles. The highest BCUT2D eigenvalue weighted by molar-refractivity contribution is 14.0. The highest BCUT2D eigenvalue weighted by atomic mass is 127. The van der Waals surface area contributed by atoms with Gasteiger partial charge >= 0.3 is 0 Å². The van der Waals surface area contributed by atoms with Crippen molar-refractivity contribution in [1.29, 1.82) is 0 Å². The van der Waals surface area contributed by atoms with Gasteiger partial charge in [0.05, 0.1) is 0 Å². The van der Waals surface area contributed by atoms with Gasteiger partial charge in [0.1, 0.15) is 0 Å². The third kappa shape index (κ3) is 5.16. The van der Waals surface area contributed by atoms with E-state index in [0.717, 1.165) is 52.0 Å². The Morgan fingerprint density at radius 2 is 1.89 bits per heavy atom. The second kappa shape index (κ2) is 8.60. The number of aliphatic imine (C=N–C) groups is 1. The van der Waals surface area contributed by atoms with E-state index in [1.165, 1.54) is 19.3 Å². The van der Waals surface area contributed by atoms with Crippen molar-refractivity contribution >= 4 is 35.8 Å². The molecule has 1 amide bonds. The number of guanidine groups is 1. The highest BCUT2D eigenvalue weighted by Crippen LogP contribution is 2.10. The molecule has 0 atom stereocenters. The average molecular weight is 380 g/mol. The van der Waals surface area contributed by atoms with E-state index in [1.54, 1.807) is 0 Å². The number of nitrogens with zero attached hydrogens (tertiary/aromatic N) is 3. The predicted octanol–water partition coefficient (Wildman–Crippen LogP) is 1.42. The Kier molecular flexibility index (Phi) is 7.48. The van der Waals surface area contributed by atoms with E-state index in [9.17, 15) is 4.79 Å². The fourth-order valence-electron chi connectivity index (χ4n) is 2.62. The maximum absolute atomic E-state index is 11.4. The summed E-state index contributed by atoms with van der Waals surface area (Å²) in [5.74, 6) is 0.977. The van der Waals surface area contributed by atoms with Gasteiger partial charge in [-0.3, -0.25) is 9.79 Å². The number of likely N-dealkylation sites (tertiary alicyclic amines) is 2. The molecule has 6 heteroatoms. The van der Waals surface area contributed by atoms with Gasteiger partial charge in [0, 0.05) is 39.1 Å². The fourth-order valence-corrected chi connectivity index (χ4v) is 2.62. The van der Waals surface area contributed by atoms with Crippen LogP contribution < -0.4 is 5.73 Å². The lowest BCUT2D eigenvalue weighted by Gasteiger charge is -2.27. The molecular weight excluding hydrogens is 355 g/mol. The Labute approximate surface area is 132 Å². The van der Waals surface area contributed by atoms with Gasteiger partial charge in [0.2, 0.25) is 5.91 Å². The summed E-state index contributed by atoms with van der Waals surface area (Å²) in [6.07, 6.45) is 6.40. The standard InChI is InChI=1S/C13H24N4O.HI/c14-13(17-8-2-1-3-9-17)15-7-5-11-16-10-4-6-12(16)18;/h1-11H2,(H2,14,15);1H. The summed E-state index contributed by atoms with van der Waals surface area (Å²) in [6, 6.07) is 0. The summed E-state index contributed by atoms with van der Waals surface area (Å²) in [4.78, 5) is 19.9. The van der Waals surface area contributed by atoms with Crippen LogP contribution in [0.2, 0.25) is 0 Å². The zero-order valence-corrected chi connectivity index (χ0v) is 13.8. The first-order valence-corrected chi connectivity index (χ1v) is 7.10. The van der Waals surface area contributed by atoms with Crippen molar-refractivity contribution in [3.05, 3.63) is 0 Å². The van der Waals surface area contributed by atoms with Crippen LogP contribution in [0.15, 0.2) is 4.99 Å². The van der Waals surface area contributed by atoms with Crippen LogP contribution in [0, 0.1) is 0 Å². The smallest absolute Gasteiger partial charge is 0.222 e. The van der Waals surface area contributed by atoms with Gasteiger partial charge in [0.15, 0.2) is 5.96 Å². The molecule has 0 aromatic rings. The topological polar surface area (TPSA) is 61.9 Å². The van der Waals surface area contributed by atoms with Gasteiger partial charge in [0.25, 0.3) is 0 Å². The van der Waals surface area contributed by atoms with Gasteiger partial charge in [-0.2, -0.15) is 0 Å². The minimum absolute atomic E-state index is 0. The lowest BCUT2D eigenvalue weighted by atomic mass is 10.1. The van der Waals surface area contributed by atoms with Crippen LogP contribution in [0.1, 0.15) is 38.5 Å². The molecule has 2 heterocycles. The molecule has 2 rings (SSSR count). The van der Waals surface area contributed by atoms with Crippen LogP contribution in [0.4, 0.5) is 0 Å². The number of rotatable bonds is 4. The third-order valence-corrected chi connectivity index (χ3v) is 3.71. The molecule has 0 radical (unpaired) electrons. The quantitative estimate of drug-likeness (QED) is 0.347. The predicted molar refractivity (Wildman–Crippen MR) is 87.8 cm³/mol.